The fourth-order valence-corrected chi connectivity index (χ4v) is 4.37. The molecule has 1 amide bonds. The van der Waals surface area contributed by atoms with E-state index in [2.05, 4.69) is 0 Å². The van der Waals surface area contributed by atoms with E-state index in [1.165, 1.54) is 31.3 Å². The Morgan fingerprint density at radius 2 is 1.82 bits per heavy atom. The highest BCUT2D eigenvalue weighted by Crippen LogP contribution is 2.44. The molecule has 3 aromatic rings. The topological polar surface area (TPSA) is 92.5 Å². The predicted molar refractivity (Wildman–Crippen MR) is 124 cm³/mol. The van der Waals surface area contributed by atoms with Crippen molar-refractivity contribution in [2.24, 2.45) is 0 Å². The number of aliphatic hydroxyl groups is 1. The van der Waals surface area contributed by atoms with Gasteiger partial charge in [-0.25, -0.2) is 0 Å². The highest BCUT2D eigenvalue weighted by atomic mass is 35.5. The average molecular weight is 473 g/mol. The van der Waals surface area contributed by atoms with E-state index in [0.717, 1.165) is 0 Å². The van der Waals surface area contributed by atoms with Crippen LogP contribution in [0.15, 0.2) is 45.6 Å². The maximum Gasteiger partial charge on any atom is 0.293 e. The van der Waals surface area contributed by atoms with Gasteiger partial charge in [0.15, 0.2) is 11.5 Å². The number of amides is 1. The van der Waals surface area contributed by atoms with Crippen molar-refractivity contribution >= 4 is 28.5 Å². The van der Waals surface area contributed by atoms with Crippen LogP contribution in [0.4, 0.5) is 0 Å². The van der Waals surface area contributed by atoms with Gasteiger partial charge in [-0.05, 0) is 63.5 Å². The number of benzene rings is 2. The summed E-state index contributed by atoms with van der Waals surface area (Å²) in [5.74, 6) is 0.0589. The maximum atomic E-state index is 13.6. The summed E-state index contributed by atoms with van der Waals surface area (Å²) in [5, 5.41) is 12.6. The standard InChI is InChI=1S/C24H25ClN2O6/c1-26(2)10-5-11-27-23(29)22-20(21(28)16-13-15(25)7-9-17(16)33-22)24(27,30)14-6-8-18(31-3)19(12-14)32-4/h6-9,12-13,30H,5,10-11H2,1-4H3. The van der Waals surface area contributed by atoms with Crippen LogP contribution in [0, 0.1) is 0 Å². The first kappa shape index (κ1) is 23.1. The summed E-state index contributed by atoms with van der Waals surface area (Å²) >= 11 is 6.10. The van der Waals surface area contributed by atoms with Gasteiger partial charge in [0.05, 0.1) is 19.6 Å². The summed E-state index contributed by atoms with van der Waals surface area (Å²) < 4.78 is 16.5. The molecule has 1 atom stereocenters. The largest absolute Gasteiger partial charge is 0.493 e. The molecule has 33 heavy (non-hydrogen) atoms. The Hall–Kier alpha value is -3.07. The molecule has 1 aliphatic heterocycles. The molecular weight excluding hydrogens is 448 g/mol. The third-order valence-electron chi connectivity index (χ3n) is 5.80. The first-order valence-corrected chi connectivity index (χ1v) is 10.8. The van der Waals surface area contributed by atoms with Gasteiger partial charge in [-0.15, -0.1) is 0 Å². The molecule has 9 heteroatoms. The lowest BCUT2D eigenvalue weighted by Gasteiger charge is -2.34. The number of ether oxygens (including phenoxy) is 2. The highest BCUT2D eigenvalue weighted by molar-refractivity contribution is 6.31. The molecule has 0 saturated carbocycles. The van der Waals surface area contributed by atoms with Crippen molar-refractivity contribution in [3.05, 3.63) is 68.5 Å². The Morgan fingerprint density at radius 1 is 1.09 bits per heavy atom. The van der Waals surface area contributed by atoms with Gasteiger partial charge in [0.25, 0.3) is 5.91 Å². The van der Waals surface area contributed by atoms with Gasteiger partial charge in [0, 0.05) is 17.1 Å². The number of methoxy groups -OCH3 is 2. The number of halogens is 1. The van der Waals surface area contributed by atoms with Gasteiger partial charge in [-0.2, -0.15) is 0 Å². The molecule has 0 fully saturated rings. The monoisotopic (exact) mass is 472 g/mol. The number of nitrogens with zero attached hydrogens (tertiary/aromatic N) is 2. The van der Waals surface area contributed by atoms with Crippen LogP contribution in [0.3, 0.4) is 0 Å². The number of carbonyl (C=O) groups is 1. The van der Waals surface area contributed by atoms with Crippen LogP contribution in [0.2, 0.25) is 5.02 Å². The molecule has 8 nitrogen and oxygen atoms in total. The molecule has 1 aromatic heterocycles. The van der Waals surface area contributed by atoms with Crippen molar-refractivity contribution < 1.29 is 23.8 Å². The Bertz CT molecular complexity index is 1290. The SMILES string of the molecule is COc1ccc(C2(O)c3c(oc4ccc(Cl)cc4c3=O)C(=O)N2CCCN(C)C)cc1OC. The molecule has 4 rings (SSSR count). The normalized spacial score (nSPS) is 17.7. The minimum absolute atomic E-state index is 0.140. The second-order valence-corrected chi connectivity index (χ2v) is 8.57. The van der Waals surface area contributed by atoms with Crippen LogP contribution in [0.1, 0.15) is 28.1 Å². The van der Waals surface area contributed by atoms with Crippen molar-refractivity contribution in [2.75, 3.05) is 41.4 Å². The summed E-state index contributed by atoms with van der Waals surface area (Å²) in [6, 6.07) is 9.36. The van der Waals surface area contributed by atoms with E-state index in [1.54, 1.807) is 24.3 Å². The fraction of sp³-hybridized carbons (Fsp3) is 0.333. The zero-order chi connectivity index (χ0) is 23.9. The average Bonchev–Trinajstić information content (AvgIpc) is 3.01. The maximum absolute atomic E-state index is 13.6. The summed E-state index contributed by atoms with van der Waals surface area (Å²) in [4.78, 5) is 30.3. The van der Waals surface area contributed by atoms with E-state index in [1.807, 2.05) is 19.0 Å². The van der Waals surface area contributed by atoms with Gasteiger partial charge in [0.2, 0.25) is 16.9 Å². The van der Waals surface area contributed by atoms with Crippen molar-refractivity contribution in [3.8, 4) is 11.5 Å². The predicted octanol–water partition coefficient (Wildman–Crippen LogP) is 3.06. The zero-order valence-electron chi connectivity index (χ0n) is 18.8. The van der Waals surface area contributed by atoms with Crippen molar-refractivity contribution in [3.63, 3.8) is 0 Å². The molecule has 2 heterocycles. The molecule has 1 unspecified atom stereocenters. The van der Waals surface area contributed by atoms with E-state index in [4.69, 9.17) is 25.5 Å². The molecule has 0 spiro atoms. The summed E-state index contributed by atoms with van der Waals surface area (Å²) in [6.07, 6.45) is 0.571. The van der Waals surface area contributed by atoms with Crippen molar-refractivity contribution in [2.45, 2.75) is 12.1 Å². The van der Waals surface area contributed by atoms with Gasteiger partial charge in [0.1, 0.15) is 11.1 Å². The molecule has 0 radical (unpaired) electrons. The Labute approximate surface area is 195 Å². The Balaban J connectivity index is 1.97. The zero-order valence-corrected chi connectivity index (χ0v) is 19.6. The number of hydrogen-bond donors (Lipinski definition) is 1. The molecule has 0 aliphatic carbocycles. The quantitative estimate of drug-likeness (QED) is 0.565. The van der Waals surface area contributed by atoms with Crippen LogP contribution >= 0.6 is 11.6 Å². The number of fused-ring (bicyclic) bond motifs is 2. The number of rotatable bonds is 7. The van der Waals surface area contributed by atoms with E-state index in [0.29, 0.717) is 29.5 Å². The fourth-order valence-electron chi connectivity index (χ4n) is 4.20. The molecule has 1 aliphatic rings. The lowest BCUT2D eigenvalue weighted by atomic mass is 9.93. The third-order valence-corrected chi connectivity index (χ3v) is 6.04. The Kier molecular flexibility index (Phi) is 6.09. The lowest BCUT2D eigenvalue weighted by molar-refractivity contribution is -0.0514. The van der Waals surface area contributed by atoms with E-state index >= 15 is 0 Å². The van der Waals surface area contributed by atoms with E-state index in [-0.39, 0.29) is 34.4 Å². The molecule has 2 aromatic carbocycles. The first-order chi connectivity index (χ1) is 15.7. The van der Waals surface area contributed by atoms with Crippen LogP contribution in [-0.2, 0) is 5.72 Å². The minimum atomic E-state index is -2.06. The molecular formula is C24H25ClN2O6. The van der Waals surface area contributed by atoms with Crippen molar-refractivity contribution in [1.29, 1.82) is 0 Å². The summed E-state index contributed by atoms with van der Waals surface area (Å²) in [6.45, 7) is 0.879. The minimum Gasteiger partial charge on any atom is -0.493 e. The van der Waals surface area contributed by atoms with Crippen molar-refractivity contribution in [1.82, 2.24) is 9.80 Å². The number of hydrogen-bond acceptors (Lipinski definition) is 7. The van der Waals surface area contributed by atoms with E-state index < -0.39 is 17.1 Å². The van der Waals surface area contributed by atoms with E-state index in [9.17, 15) is 14.7 Å². The van der Waals surface area contributed by atoms with Crippen LogP contribution < -0.4 is 14.9 Å². The molecule has 174 valence electrons. The van der Waals surface area contributed by atoms with Gasteiger partial charge in [-0.1, -0.05) is 11.6 Å². The highest BCUT2D eigenvalue weighted by Gasteiger charge is 2.54. The Morgan fingerprint density at radius 3 is 2.48 bits per heavy atom. The van der Waals surface area contributed by atoms with Gasteiger partial charge >= 0.3 is 0 Å². The van der Waals surface area contributed by atoms with Crippen LogP contribution in [0.25, 0.3) is 11.0 Å². The van der Waals surface area contributed by atoms with Crippen LogP contribution in [0.5, 0.6) is 11.5 Å². The van der Waals surface area contributed by atoms with Gasteiger partial charge < -0.3 is 23.9 Å². The second-order valence-electron chi connectivity index (χ2n) is 8.13. The number of carbonyl (C=O) groups excluding carboxylic acids is 1. The van der Waals surface area contributed by atoms with Crippen LogP contribution in [-0.4, -0.2) is 62.2 Å². The smallest absolute Gasteiger partial charge is 0.293 e. The lowest BCUT2D eigenvalue weighted by Crippen LogP contribution is -2.47. The summed E-state index contributed by atoms with van der Waals surface area (Å²) in [5.41, 5.74) is -2.21. The molecule has 0 bridgehead atoms. The third kappa shape index (κ3) is 3.74. The second kappa shape index (κ2) is 8.70. The molecule has 0 saturated heterocycles. The summed E-state index contributed by atoms with van der Waals surface area (Å²) in [7, 11) is 6.81. The first-order valence-electron chi connectivity index (χ1n) is 10.4. The molecule has 1 N–H and O–H groups in total. The van der Waals surface area contributed by atoms with Gasteiger partial charge in [-0.3, -0.25) is 14.5 Å².